The van der Waals surface area contributed by atoms with Gasteiger partial charge in [0.05, 0.1) is 11.3 Å². The quantitative estimate of drug-likeness (QED) is 0.881. The highest BCUT2D eigenvalue weighted by Crippen LogP contribution is 2.21. The highest BCUT2D eigenvalue weighted by atomic mass is 79.9. The summed E-state index contributed by atoms with van der Waals surface area (Å²) in [6.45, 7) is 3.03. The highest BCUT2D eigenvalue weighted by molar-refractivity contribution is 9.10. The molecular weight excluding hydrogens is 326 g/mol. The Morgan fingerprint density at radius 3 is 2.65 bits per heavy atom. The minimum atomic E-state index is -1.09. The molecule has 0 bridgehead atoms. The van der Waals surface area contributed by atoms with Gasteiger partial charge in [-0.2, -0.15) is 5.26 Å². The maximum absolute atomic E-state index is 12.1. The molecule has 20 heavy (non-hydrogen) atoms. The van der Waals surface area contributed by atoms with E-state index < -0.39 is 18.5 Å². The molecule has 0 fully saturated rings. The first-order valence-electron chi connectivity index (χ1n) is 5.84. The molecule has 0 heterocycles. The zero-order valence-electron chi connectivity index (χ0n) is 11.1. The number of nitrogens with one attached hydrogen (secondary N) is 1. The normalized spacial score (nSPS) is 9.95. The molecule has 0 unspecified atom stereocenters. The van der Waals surface area contributed by atoms with Gasteiger partial charge in [0.2, 0.25) is 0 Å². The van der Waals surface area contributed by atoms with E-state index in [9.17, 15) is 9.59 Å². The first-order valence-corrected chi connectivity index (χ1v) is 6.63. The second-order valence-corrected chi connectivity index (χ2v) is 5.26. The molecular formula is C13H14BrN3O3. The van der Waals surface area contributed by atoms with Crippen LogP contribution in [0.15, 0.2) is 22.7 Å². The Labute approximate surface area is 125 Å². The van der Waals surface area contributed by atoms with E-state index in [1.807, 2.05) is 6.07 Å². The molecule has 2 N–H and O–H groups in total. The van der Waals surface area contributed by atoms with Crippen LogP contribution in [0.25, 0.3) is 0 Å². The van der Waals surface area contributed by atoms with Crippen LogP contribution in [0.2, 0.25) is 0 Å². The van der Waals surface area contributed by atoms with Gasteiger partial charge in [0.25, 0.3) is 0 Å². The third-order valence-electron chi connectivity index (χ3n) is 2.53. The molecule has 2 amide bonds. The van der Waals surface area contributed by atoms with Gasteiger partial charge in [-0.3, -0.25) is 4.79 Å². The summed E-state index contributed by atoms with van der Waals surface area (Å²) in [4.78, 5) is 24.0. The van der Waals surface area contributed by atoms with Gasteiger partial charge in [-0.25, -0.2) is 4.79 Å². The molecule has 1 aromatic rings. The van der Waals surface area contributed by atoms with Crippen molar-refractivity contribution in [2.24, 2.45) is 0 Å². The minimum absolute atomic E-state index is 0.274. The zero-order valence-corrected chi connectivity index (χ0v) is 12.6. The molecule has 106 valence electrons. The fourth-order valence-electron chi connectivity index (χ4n) is 1.54. The Morgan fingerprint density at radius 2 is 2.15 bits per heavy atom. The molecule has 0 aromatic heterocycles. The number of halogens is 1. The second-order valence-electron chi connectivity index (χ2n) is 4.35. The van der Waals surface area contributed by atoms with E-state index in [1.165, 1.54) is 4.90 Å². The van der Waals surface area contributed by atoms with E-state index in [2.05, 4.69) is 21.2 Å². The molecule has 1 rings (SSSR count). The summed E-state index contributed by atoms with van der Waals surface area (Å²) in [6.07, 6.45) is 0. The van der Waals surface area contributed by atoms with Crippen molar-refractivity contribution in [1.29, 1.82) is 5.26 Å². The van der Waals surface area contributed by atoms with Crippen LogP contribution in [-0.4, -0.2) is 34.6 Å². The third kappa shape index (κ3) is 4.24. The number of carboxylic acids is 1. The number of carbonyl (C=O) groups is 2. The van der Waals surface area contributed by atoms with Gasteiger partial charge in [-0.05, 0) is 32.0 Å². The molecule has 0 saturated heterocycles. The lowest BCUT2D eigenvalue weighted by Crippen LogP contribution is -2.43. The monoisotopic (exact) mass is 339 g/mol. The van der Waals surface area contributed by atoms with Crippen LogP contribution in [0.1, 0.15) is 19.4 Å². The van der Waals surface area contributed by atoms with Crippen LogP contribution in [0.3, 0.4) is 0 Å². The van der Waals surface area contributed by atoms with E-state index in [0.29, 0.717) is 15.7 Å². The summed E-state index contributed by atoms with van der Waals surface area (Å²) in [6, 6.07) is 5.98. The van der Waals surface area contributed by atoms with E-state index in [4.69, 9.17) is 10.4 Å². The average Bonchev–Trinajstić information content (AvgIpc) is 2.35. The molecule has 0 aliphatic rings. The van der Waals surface area contributed by atoms with Crippen LogP contribution < -0.4 is 5.32 Å². The van der Waals surface area contributed by atoms with Crippen molar-refractivity contribution in [2.75, 3.05) is 11.9 Å². The van der Waals surface area contributed by atoms with Crippen LogP contribution in [0.5, 0.6) is 0 Å². The number of carboxylic acid groups (broad SMARTS) is 1. The Bertz CT molecular complexity index is 566. The van der Waals surface area contributed by atoms with Gasteiger partial charge in [0, 0.05) is 10.5 Å². The van der Waals surface area contributed by atoms with Crippen molar-refractivity contribution >= 4 is 33.6 Å². The fourth-order valence-corrected chi connectivity index (χ4v) is 1.90. The predicted octanol–water partition coefficient (Wildman–Crippen LogP) is 2.65. The number of urea groups is 1. The Hall–Kier alpha value is -2.07. The lowest BCUT2D eigenvalue weighted by atomic mass is 10.2. The maximum Gasteiger partial charge on any atom is 0.323 e. The first kappa shape index (κ1) is 16.0. The van der Waals surface area contributed by atoms with E-state index in [1.54, 1.807) is 32.0 Å². The number of anilines is 1. The van der Waals surface area contributed by atoms with Gasteiger partial charge in [0.1, 0.15) is 12.6 Å². The van der Waals surface area contributed by atoms with E-state index in [0.717, 1.165) is 0 Å². The molecule has 6 nitrogen and oxygen atoms in total. The van der Waals surface area contributed by atoms with Crippen LogP contribution in [0.4, 0.5) is 10.5 Å². The minimum Gasteiger partial charge on any atom is -0.480 e. The Balaban J connectivity index is 2.96. The lowest BCUT2D eigenvalue weighted by molar-refractivity contribution is -0.137. The number of hydrogen-bond donors (Lipinski definition) is 2. The standard InChI is InChI=1S/C13H14BrN3O3/c1-8(2)17(7-12(18)19)13(20)16-11-5-10(14)4-3-9(11)6-15/h3-5,8H,7H2,1-2H3,(H,16,20)(H,18,19). The largest absolute Gasteiger partial charge is 0.480 e. The van der Waals surface area contributed by atoms with E-state index >= 15 is 0 Å². The zero-order chi connectivity index (χ0) is 15.3. The summed E-state index contributed by atoms with van der Waals surface area (Å²) in [5.41, 5.74) is 0.642. The summed E-state index contributed by atoms with van der Waals surface area (Å²) in [5.74, 6) is -1.09. The van der Waals surface area contributed by atoms with Crippen molar-refractivity contribution < 1.29 is 14.7 Å². The van der Waals surface area contributed by atoms with Crippen molar-refractivity contribution in [2.45, 2.75) is 19.9 Å². The maximum atomic E-state index is 12.1. The topological polar surface area (TPSA) is 93.4 Å². The molecule has 1 aromatic carbocycles. The third-order valence-corrected chi connectivity index (χ3v) is 3.03. The number of benzene rings is 1. The van der Waals surface area contributed by atoms with E-state index in [-0.39, 0.29) is 6.04 Å². The first-order chi connectivity index (χ1) is 9.35. The number of nitriles is 1. The van der Waals surface area contributed by atoms with Crippen molar-refractivity contribution in [3.8, 4) is 6.07 Å². The smallest absolute Gasteiger partial charge is 0.323 e. The number of nitrogens with zero attached hydrogens (tertiary/aromatic N) is 2. The van der Waals surface area contributed by atoms with Gasteiger partial charge in [-0.15, -0.1) is 0 Å². The predicted molar refractivity (Wildman–Crippen MR) is 77.4 cm³/mol. The Kier molecular flexibility index (Phi) is 5.53. The van der Waals surface area contributed by atoms with Crippen LogP contribution >= 0.6 is 15.9 Å². The molecule has 0 atom stereocenters. The van der Waals surface area contributed by atoms with Crippen LogP contribution in [-0.2, 0) is 4.79 Å². The second kappa shape index (κ2) is 6.91. The van der Waals surface area contributed by atoms with Crippen LogP contribution in [0, 0.1) is 11.3 Å². The number of hydrogen-bond acceptors (Lipinski definition) is 3. The number of carbonyl (C=O) groups excluding carboxylic acids is 1. The molecule has 0 radical (unpaired) electrons. The lowest BCUT2D eigenvalue weighted by Gasteiger charge is -2.25. The number of rotatable bonds is 4. The van der Waals surface area contributed by atoms with Gasteiger partial charge in [0.15, 0.2) is 0 Å². The number of aliphatic carboxylic acids is 1. The van der Waals surface area contributed by atoms with Gasteiger partial charge < -0.3 is 15.3 Å². The molecule has 0 aliphatic heterocycles. The molecule has 7 heteroatoms. The summed E-state index contributed by atoms with van der Waals surface area (Å²) in [7, 11) is 0. The molecule has 0 aliphatic carbocycles. The molecule has 0 spiro atoms. The van der Waals surface area contributed by atoms with Gasteiger partial charge in [-0.1, -0.05) is 15.9 Å². The number of amides is 2. The average molecular weight is 340 g/mol. The van der Waals surface area contributed by atoms with Crippen molar-refractivity contribution in [3.63, 3.8) is 0 Å². The van der Waals surface area contributed by atoms with Crippen molar-refractivity contribution in [1.82, 2.24) is 4.90 Å². The molecule has 0 saturated carbocycles. The van der Waals surface area contributed by atoms with Crippen molar-refractivity contribution in [3.05, 3.63) is 28.2 Å². The summed E-state index contributed by atoms with van der Waals surface area (Å²) in [5, 5.41) is 20.4. The highest BCUT2D eigenvalue weighted by Gasteiger charge is 2.20. The summed E-state index contributed by atoms with van der Waals surface area (Å²) < 4.78 is 0.709. The Morgan fingerprint density at radius 1 is 1.50 bits per heavy atom. The van der Waals surface area contributed by atoms with Gasteiger partial charge >= 0.3 is 12.0 Å². The summed E-state index contributed by atoms with van der Waals surface area (Å²) >= 11 is 3.25. The SMILES string of the molecule is CC(C)N(CC(=O)O)C(=O)Nc1cc(Br)ccc1C#N. The fraction of sp³-hybridized carbons (Fsp3) is 0.308.